The third kappa shape index (κ3) is 2.98. The van der Waals surface area contributed by atoms with E-state index in [-0.39, 0.29) is 22.1 Å². The summed E-state index contributed by atoms with van der Waals surface area (Å²) in [6.45, 7) is 4.49. The largest absolute Gasteiger partial charge is 0.390 e. The van der Waals surface area contributed by atoms with Gasteiger partial charge in [0.2, 0.25) is 0 Å². The maximum Gasteiger partial charge on any atom is 0.190 e. The van der Waals surface area contributed by atoms with Crippen molar-refractivity contribution in [2.75, 3.05) is 0 Å². The van der Waals surface area contributed by atoms with Gasteiger partial charge in [0.25, 0.3) is 0 Å². The second kappa shape index (κ2) is 4.94. The van der Waals surface area contributed by atoms with Gasteiger partial charge in [0.1, 0.15) is 0 Å². The van der Waals surface area contributed by atoms with Gasteiger partial charge in [-0.25, -0.2) is 0 Å². The summed E-state index contributed by atoms with van der Waals surface area (Å²) in [7, 11) is 0. The van der Waals surface area contributed by atoms with Crippen LogP contribution in [0.25, 0.3) is 0 Å². The van der Waals surface area contributed by atoms with Crippen molar-refractivity contribution < 1.29 is 5.11 Å². The Bertz CT molecular complexity index is 329. The topological polar surface area (TPSA) is 20.2 Å². The summed E-state index contributed by atoms with van der Waals surface area (Å²) in [5.41, 5.74) is -0.378. The fraction of sp³-hybridized carbons (Fsp3) is 1.00. The van der Waals surface area contributed by atoms with Crippen molar-refractivity contribution in [2.24, 2.45) is 17.3 Å². The van der Waals surface area contributed by atoms with E-state index in [2.05, 4.69) is 29.8 Å². The monoisotopic (exact) mass is 376 g/mol. The zero-order chi connectivity index (χ0) is 13.8. The summed E-state index contributed by atoms with van der Waals surface area (Å²) >= 11 is 21.6. The maximum absolute atomic E-state index is 10.8. The summed E-state index contributed by atoms with van der Waals surface area (Å²) < 4.78 is -1.22. The van der Waals surface area contributed by atoms with Crippen LogP contribution >= 0.6 is 50.7 Å². The quantitative estimate of drug-likeness (QED) is 0.630. The molecule has 2 aliphatic rings. The summed E-state index contributed by atoms with van der Waals surface area (Å²) in [4.78, 5) is 0.281. The van der Waals surface area contributed by atoms with E-state index in [0.29, 0.717) is 6.42 Å². The molecule has 18 heavy (non-hydrogen) atoms. The first-order valence-corrected chi connectivity index (χ1v) is 8.53. The van der Waals surface area contributed by atoms with Crippen molar-refractivity contribution in [3.8, 4) is 0 Å². The summed E-state index contributed by atoms with van der Waals surface area (Å²) in [5, 5.41) is 10.8. The molecular weight excluding hydrogens is 358 g/mol. The average molecular weight is 379 g/mol. The molecule has 1 nitrogen and oxygen atoms in total. The van der Waals surface area contributed by atoms with Gasteiger partial charge < -0.3 is 5.11 Å². The minimum absolute atomic E-state index is 0.188. The molecule has 0 aromatic carbocycles. The molecule has 4 atom stereocenters. The molecule has 0 radical (unpaired) electrons. The van der Waals surface area contributed by atoms with Crippen molar-refractivity contribution in [3.05, 3.63) is 0 Å². The number of hydrogen-bond donors (Lipinski definition) is 1. The normalized spacial score (nSPS) is 43.8. The molecule has 0 saturated heterocycles. The third-order valence-corrected chi connectivity index (χ3v) is 7.11. The maximum atomic E-state index is 10.8. The molecule has 1 unspecified atom stereocenters. The van der Waals surface area contributed by atoms with Crippen molar-refractivity contribution in [1.82, 2.24) is 0 Å². The molecule has 5 heteroatoms. The van der Waals surface area contributed by atoms with Crippen LogP contribution in [-0.4, -0.2) is 19.3 Å². The van der Waals surface area contributed by atoms with E-state index >= 15 is 0 Å². The van der Waals surface area contributed by atoms with E-state index in [1.165, 1.54) is 0 Å². The summed E-state index contributed by atoms with van der Waals surface area (Å²) in [6, 6.07) is 0. The van der Waals surface area contributed by atoms with Crippen LogP contribution in [0.1, 0.15) is 46.0 Å². The lowest BCUT2D eigenvalue weighted by atomic mass is 9.64. The van der Waals surface area contributed by atoms with E-state index in [1.807, 2.05) is 0 Å². The molecule has 0 aromatic rings. The fourth-order valence-corrected chi connectivity index (χ4v) is 5.46. The van der Waals surface area contributed by atoms with Crippen molar-refractivity contribution >= 4 is 50.7 Å². The van der Waals surface area contributed by atoms with Gasteiger partial charge in [0.05, 0.1) is 5.60 Å². The van der Waals surface area contributed by atoms with Gasteiger partial charge >= 0.3 is 0 Å². The smallest absolute Gasteiger partial charge is 0.190 e. The minimum atomic E-state index is -1.22. The first kappa shape index (κ1) is 15.7. The Hall–Kier alpha value is 1.31. The molecule has 0 amide bonds. The van der Waals surface area contributed by atoms with Gasteiger partial charge in [-0.1, -0.05) is 64.6 Å². The zero-order valence-corrected chi connectivity index (χ0v) is 14.6. The van der Waals surface area contributed by atoms with Crippen LogP contribution < -0.4 is 0 Å². The van der Waals surface area contributed by atoms with E-state index in [0.717, 1.165) is 25.7 Å². The number of aliphatic hydroxyl groups is 1. The molecule has 2 saturated carbocycles. The lowest BCUT2D eigenvalue weighted by Gasteiger charge is -2.49. The van der Waals surface area contributed by atoms with Crippen LogP contribution in [0.3, 0.4) is 0 Å². The van der Waals surface area contributed by atoms with E-state index in [4.69, 9.17) is 34.8 Å². The summed E-state index contributed by atoms with van der Waals surface area (Å²) in [6.07, 6.45) is 4.22. The molecule has 0 heterocycles. The van der Waals surface area contributed by atoms with E-state index in [1.54, 1.807) is 0 Å². The van der Waals surface area contributed by atoms with Crippen LogP contribution in [0.5, 0.6) is 0 Å². The van der Waals surface area contributed by atoms with Crippen LogP contribution in [-0.2, 0) is 0 Å². The number of alkyl halides is 4. The standard InChI is InChI=1S/C13H20BrCl3O/c1-11(2)5-6-12(18)4-3-8(7-13(15,16)17)9(12)10(11)14/h8-10,18H,3-7H2,1-2H3/t8?,9-,10-,12-/m1/s1. The third-order valence-electron chi connectivity index (χ3n) is 4.83. The highest BCUT2D eigenvalue weighted by Crippen LogP contribution is 2.58. The lowest BCUT2D eigenvalue weighted by molar-refractivity contribution is -0.0630. The Morgan fingerprint density at radius 3 is 2.39 bits per heavy atom. The number of rotatable bonds is 1. The van der Waals surface area contributed by atoms with Gasteiger partial charge in [0.15, 0.2) is 3.79 Å². The first-order valence-electron chi connectivity index (χ1n) is 6.48. The second-order valence-electron chi connectivity index (χ2n) is 6.64. The molecule has 0 aliphatic heterocycles. The van der Waals surface area contributed by atoms with E-state index in [9.17, 15) is 5.11 Å². The molecule has 1 N–H and O–H groups in total. The van der Waals surface area contributed by atoms with Crippen LogP contribution in [0.4, 0.5) is 0 Å². The number of halogens is 4. The van der Waals surface area contributed by atoms with Gasteiger partial charge in [-0.05, 0) is 43.4 Å². The highest BCUT2D eigenvalue weighted by atomic mass is 79.9. The molecule has 0 bridgehead atoms. The predicted octanol–water partition coefficient (Wildman–Crippen LogP) is 5.09. The van der Waals surface area contributed by atoms with Gasteiger partial charge in [-0.15, -0.1) is 0 Å². The number of hydrogen-bond acceptors (Lipinski definition) is 1. The summed E-state index contributed by atoms with van der Waals surface area (Å²) in [5.74, 6) is 0.475. The molecular formula is C13H20BrCl3O. The zero-order valence-electron chi connectivity index (χ0n) is 10.7. The van der Waals surface area contributed by atoms with Crippen LogP contribution in [0.15, 0.2) is 0 Å². The van der Waals surface area contributed by atoms with Gasteiger partial charge in [0, 0.05) is 10.7 Å². The van der Waals surface area contributed by atoms with Gasteiger partial charge in [-0.3, -0.25) is 0 Å². The van der Waals surface area contributed by atoms with Crippen LogP contribution in [0.2, 0.25) is 0 Å². The Morgan fingerprint density at radius 1 is 1.22 bits per heavy atom. The Kier molecular flexibility index (Phi) is 4.31. The van der Waals surface area contributed by atoms with Crippen molar-refractivity contribution in [1.29, 1.82) is 0 Å². The lowest BCUT2D eigenvalue weighted by Crippen LogP contribution is -2.51. The SMILES string of the molecule is CC1(C)CC[C@]2(O)CCC(CC(Cl)(Cl)Cl)[C@@H]2[C@H]1Br. The molecule has 2 rings (SSSR count). The fourth-order valence-electron chi connectivity index (χ4n) is 3.71. The Labute approximate surface area is 133 Å². The van der Waals surface area contributed by atoms with Gasteiger partial charge in [-0.2, -0.15) is 0 Å². The molecule has 2 fully saturated rings. The highest BCUT2D eigenvalue weighted by Gasteiger charge is 2.57. The van der Waals surface area contributed by atoms with Crippen molar-refractivity contribution in [2.45, 2.75) is 60.2 Å². The highest BCUT2D eigenvalue weighted by molar-refractivity contribution is 9.09. The first-order chi connectivity index (χ1) is 8.05. The predicted molar refractivity (Wildman–Crippen MR) is 81.8 cm³/mol. The van der Waals surface area contributed by atoms with E-state index < -0.39 is 9.39 Å². The second-order valence-corrected chi connectivity index (χ2v) is 10.1. The molecule has 2 aliphatic carbocycles. The Balaban J connectivity index is 2.22. The Morgan fingerprint density at radius 2 is 1.83 bits per heavy atom. The molecule has 0 spiro atoms. The minimum Gasteiger partial charge on any atom is -0.390 e. The van der Waals surface area contributed by atoms with Crippen molar-refractivity contribution in [3.63, 3.8) is 0 Å². The molecule has 106 valence electrons. The molecule has 0 aromatic heterocycles. The average Bonchev–Trinajstić information content (AvgIpc) is 2.50. The number of fused-ring (bicyclic) bond motifs is 1. The van der Waals surface area contributed by atoms with Crippen LogP contribution in [0, 0.1) is 17.3 Å².